The van der Waals surface area contributed by atoms with E-state index in [4.69, 9.17) is 5.73 Å². The van der Waals surface area contributed by atoms with Crippen molar-refractivity contribution in [3.63, 3.8) is 0 Å². The van der Waals surface area contributed by atoms with Crippen molar-refractivity contribution in [1.82, 2.24) is 25.0 Å². The number of hydrogen-bond donors (Lipinski definition) is 3. The first-order valence-corrected chi connectivity index (χ1v) is 9.74. The number of carbonyl (C=O) groups excluding carboxylic acids is 1. The second-order valence-electron chi connectivity index (χ2n) is 7.21. The third kappa shape index (κ3) is 4.40. The van der Waals surface area contributed by atoms with Gasteiger partial charge in [-0.2, -0.15) is 20.0 Å². The first-order valence-electron chi connectivity index (χ1n) is 9.74. The molecule has 1 saturated carbocycles. The summed E-state index contributed by atoms with van der Waals surface area (Å²) in [5.41, 5.74) is 8.21. The molecule has 9 heteroatoms. The molecule has 0 aliphatic heterocycles. The van der Waals surface area contributed by atoms with Crippen LogP contribution in [0.25, 0.3) is 5.69 Å². The largest absolute Gasteiger partial charge is 0.350 e. The fourth-order valence-electron chi connectivity index (χ4n) is 3.50. The van der Waals surface area contributed by atoms with E-state index in [2.05, 4.69) is 30.8 Å². The van der Waals surface area contributed by atoms with E-state index in [0.29, 0.717) is 17.3 Å². The van der Waals surface area contributed by atoms with E-state index in [1.54, 1.807) is 18.6 Å². The molecule has 0 unspecified atom stereocenters. The van der Waals surface area contributed by atoms with Crippen LogP contribution in [-0.4, -0.2) is 42.8 Å². The van der Waals surface area contributed by atoms with Crippen molar-refractivity contribution in [2.45, 2.75) is 44.7 Å². The molecule has 4 N–H and O–H groups in total. The molecule has 29 heavy (non-hydrogen) atoms. The van der Waals surface area contributed by atoms with Crippen molar-refractivity contribution >= 4 is 23.2 Å². The number of hydrogen-bond acceptors (Lipinski definition) is 8. The van der Waals surface area contributed by atoms with Crippen molar-refractivity contribution < 1.29 is 4.79 Å². The zero-order valence-electron chi connectivity index (χ0n) is 16.2. The van der Waals surface area contributed by atoms with Crippen LogP contribution in [-0.2, 0) is 0 Å². The highest BCUT2D eigenvalue weighted by molar-refractivity contribution is 5.99. The molecule has 0 spiro atoms. The molecule has 1 aliphatic carbocycles. The molecule has 3 aromatic rings. The number of Topliss-reactive ketones (excluding diaryl/α,β-unsaturated/α-hetero) is 1. The Bertz CT molecular complexity index is 988. The van der Waals surface area contributed by atoms with Crippen molar-refractivity contribution in [1.29, 1.82) is 0 Å². The van der Waals surface area contributed by atoms with Gasteiger partial charge in [-0.05, 0) is 38.0 Å². The number of rotatable bonds is 6. The first kappa shape index (κ1) is 19.0. The van der Waals surface area contributed by atoms with Crippen LogP contribution in [0, 0.1) is 0 Å². The summed E-state index contributed by atoms with van der Waals surface area (Å²) in [4.78, 5) is 22.5. The average Bonchev–Trinajstić information content (AvgIpc) is 3.25. The van der Waals surface area contributed by atoms with Crippen LogP contribution in [0.5, 0.6) is 0 Å². The first-order chi connectivity index (χ1) is 14.1. The molecule has 4 rings (SSSR count). The standard InChI is InChI=1S/C20H24N8O/c1-13(29)16-12-22-20(26-18-8-3-2-7-17(18)21)27-19(16)25-14-5-4-6-15(11-14)28-23-9-10-24-28/h4-6,9-12,17-18H,2-3,7-8,21H2,1H3,(H2,22,25,26,27)/t17-,18+/m0/s1. The molecule has 0 amide bonds. The molecule has 2 heterocycles. The van der Waals surface area contributed by atoms with Gasteiger partial charge in [-0.3, -0.25) is 4.79 Å². The van der Waals surface area contributed by atoms with Crippen molar-refractivity contribution in [2.75, 3.05) is 10.6 Å². The number of ketones is 1. The number of nitrogens with zero attached hydrogens (tertiary/aromatic N) is 5. The molecular weight excluding hydrogens is 368 g/mol. The normalized spacial score (nSPS) is 19.0. The lowest BCUT2D eigenvalue weighted by molar-refractivity contribution is 0.101. The quantitative estimate of drug-likeness (QED) is 0.547. The van der Waals surface area contributed by atoms with E-state index >= 15 is 0 Å². The van der Waals surface area contributed by atoms with Gasteiger partial charge in [0.2, 0.25) is 5.95 Å². The minimum Gasteiger partial charge on any atom is -0.350 e. The van der Waals surface area contributed by atoms with Crippen LogP contribution in [0.2, 0.25) is 0 Å². The number of nitrogens with one attached hydrogen (secondary N) is 2. The fourth-order valence-corrected chi connectivity index (χ4v) is 3.50. The van der Waals surface area contributed by atoms with E-state index < -0.39 is 0 Å². The predicted octanol–water partition coefficient (Wildman–Crippen LogP) is 2.69. The molecule has 0 bridgehead atoms. The van der Waals surface area contributed by atoms with Crippen molar-refractivity contribution in [3.05, 3.63) is 48.4 Å². The van der Waals surface area contributed by atoms with Gasteiger partial charge >= 0.3 is 0 Å². The Balaban J connectivity index is 1.60. The van der Waals surface area contributed by atoms with Gasteiger partial charge in [0.1, 0.15) is 5.82 Å². The summed E-state index contributed by atoms with van der Waals surface area (Å²) >= 11 is 0. The summed E-state index contributed by atoms with van der Waals surface area (Å²) in [6.07, 6.45) is 9.04. The monoisotopic (exact) mass is 392 g/mol. The SMILES string of the molecule is CC(=O)c1cnc(N[C@@H]2CCCC[C@@H]2N)nc1Nc1cccc(-n2nccn2)c1. The van der Waals surface area contributed by atoms with Gasteiger partial charge in [0.05, 0.1) is 23.6 Å². The lowest BCUT2D eigenvalue weighted by Crippen LogP contribution is -2.43. The van der Waals surface area contributed by atoms with Crippen LogP contribution in [0.4, 0.5) is 17.5 Å². The lowest BCUT2D eigenvalue weighted by atomic mass is 9.91. The van der Waals surface area contributed by atoms with Crippen LogP contribution >= 0.6 is 0 Å². The van der Waals surface area contributed by atoms with Crippen molar-refractivity contribution in [2.24, 2.45) is 5.73 Å². The summed E-state index contributed by atoms with van der Waals surface area (Å²) in [5, 5.41) is 14.9. The molecular formula is C20H24N8O. The van der Waals surface area contributed by atoms with Gasteiger partial charge in [0.25, 0.3) is 0 Å². The Morgan fingerprint density at radius 3 is 2.76 bits per heavy atom. The van der Waals surface area contributed by atoms with E-state index in [-0.39, 0.29) is 17.9 Å². The second-order valence-corrected chi connectivity index (χ2v) is 7.21. The predicted molar refractivity (Wildman–Crippen MR) is 111 cm³/mol. The number of aromatic nitrogens is 5. The van der Waals surface area contributed by atoms with E-state index in [0.717, 1.165) is 37.1 Å². The zero-order valence-corrected chi connectivity index (χ0v) is 16.2. The zero-order chi connectivity index (χ0) is 20.2. The van der Waals surface area contributed by atoms with Crippen LogP contribution < -0.4 is 16.4 Å². The summed E-state index contributed by atoms with van der Waals surface area (Å²) in [7, 11) is 0. The third-order valence-corrected chi connectivity index (χ3v) is 5.06. The molecule has 0 saturated heterocycles. The van der Waals surface area contributed by atoms with Gasteiger partial charge in [-0.1, -0.05) is 18.9 Å². The Morgan fingerprint density at radius 2 is 2.00 bits per heavy atom. The van der Waals surface area contributed by atoms with E-state index in [1.165, 1.54) is 11.7 Å². The minimum atomic E-state index is -0.113. The van der Waals surface area contributed by atoms with Crippen LogP contribution in [0.1, 0.15) is 43.0 Å². The van der Waals surface area contributed by atoms with Gasteiger partial charge < -0.3 is 16.4 Å². The summed E-state index contributed by atoms with van der Waals surface area (Å²) in [6.45, 7) is 1.50. The Morgan fingerprint density at radius 1 is 1.21 bits per heavy atom. The van der Waals surface area contributed by atoms with Gasteiger partial charge in [0, 0.05) is 24.0 Å². The summed E-state index contributed by atoms with van der Waals surface area (Å²) < 4.78 is 0. The lowest BCUT2D eigenvalue weighted by Gasteiger charge is -2.29. The highest BCUT2D eigenvalue weighted by Gasteiger charge is 2.23. The highest BCUT2D eigenvalue weighted by atomic mass is 16.1. The molecule has 150 valence electrons. The molecule has 0 radical (unpaired) electrons. The Hall–Kier alpha value is -3.33. The fraction of sp³-hybridized carbons (Fsp3) is 0.350. The maximum atomic E-state index is 12.1. The summed E-state index contributed by atoms with van der Waals surface area (Å²) in [5.74, 6) is 0.799. The molecule has 9 nitrogen and oxygen atoms in total. The third-order valence-electron chi connectivity index (χ3n) is 5.06. The second kappa shape index (κ2) is 8.36. The molecule has 2 atom stereocenters. The number of nitrogens with two attached hydrogens (primary N) is 1. The number of benzene rings is 1. The topological polar surface area (TPSA) is 124 Å². The van der Waals surface area contributed by atoms with Crippen LogP contribution in [0.3, 0.4) is 0 Å². The number of anilines is 3. The minimum absolute atomic E-state index is 0.0782. The Kier molecular flexibility index (Phi) is 5.48. The molecule has 2 aromatic heterocycles. The molecule has 1 fully saturated rings. The van der Waals surface area contributed by atoms with Gasteiger partial charge in [-0.15, -0.1) is 0 Å². The average molecular weight is 392 g/mol. The molecule has 1 aromatic carbocycles. The maximum Gasteiger partial charge on any atom is 0.224 e. The highest BCUT2D eigenvalue weighted by Crippen LogP contribution is 2.24. The van der Waals surface area contributed by atoms with Gasteiger partial charge in [0.15, 0.2) is 5.78 Å². The Labute approximate surface area is 168 Å². The smallest absolute Gasteiger partial charge is 0.224 e. The van der Waals surface area contributed by atoms with Crippen LogP contribution in [0.15, 0.2) is 42.9 Å². The van der Waals surface area contributed by atoms with Crippen molar-refractivity contribution in [3.8, 4) is 5.69 Å². The van der Waals surface area contributed by atoms with E-state index in [1.807, 2.05) is 24.3 Å². The summed E-state index contributed by atoms with van der Waals surface area (Å²) in [6, 6.07) is 7.77. The number of carbonyl (C=O) groups is 1. The molecule has 1 aliphatic rings. The maximum absolute atomic E-state index is 12.1. The van der Waals surface area contributed by atoms with Gasteiger partial charge in [-0.25, -0.2) is 4.98 Å². The van der Waals surface area contributed by atoms with E-state index in [9.17, 15) is 4.79 Å².